The molecule has 6 nitrogen and oxygen atoms in total. The number of aliphatic imine (C=N–C) groups is 1. The Hall–Kier alpha value is -1.48. The molecule has 0 saturated carbocycles. The monoisotopic (exact) mass is 418 g/mol. The molecule has 9 heteroatoms. The molecule has 0 aliphatic carbocycles. The first-order valence-corrected chi connectivity index (χ1v) is 9.84. The van der Waals surface area contributed by atoms with Gasteiger partial charge in [0, 0.05) is 10.0 Å². The molecule has 0 unspecified atom stereocenters. The van der Waals surface area contributed by atoms with E-state index in [1.54, 1.807) is 6.92 Å². The number of halogens is 2. The summed E-state index contributed by atoms with van der Waals surface area (Å²) < 4.78 is 40.9. The molecule has 0 spiro atoms. The lowest BCUT2D eigenvalue weighted by atomic mass is 9.84. The third-order valence-corrected chi connectivity index (χ3v) is 7.95. The number of amidine groups is 1. The van der Waals surface area contributed by atoms with Crippen LogP contribution in [0.3, 0.4) is 0 Å². The van der Waals surface area contributed by atoms with Gasteiger partial charge in [-0.1, -0.05) is 22.4 Å². The highest BCUT2D eigenvalue weighted by atomic mass is 79.9. The van der Waals surface area contributed by atoms with Crippen LogP contribution in [0.25, 0.3) is 0 Å². The predicted molar refractivity (Wildman–Crippen MR) is 90.4 cm³/mol. The lowest BCUT2D eigenvalue weighted by Crippen LogP contribution is -2.58. The molecule has 1 amide bonds. The van der Waals surface area contributed by atoms with Crippen molar-refractivity contribution in [3.63, 3.8) is 0 Å². The zero-order valence-electron chi connectivity index (χ0n) is 12.8. The summed E-state index contributed by atoms with van der Waals surface area (Å²) in [6.07, 6.45) is -0.0923. The minimum absolute atomic E-state index is 0.125. The molecule has 2 aliphatic rings. The molecule has 3 rings (SSSR count). The Bertz CT molecular complexity index is 842. The second kappa shape index (κ2) is 5.80. The number of amides is 1. The van der Waals surface area contributed by atoms with Crippen molar-refractivity contribution in [1.82, 2.24) is 5.32 Å². The van der Waals surface area contributed by atoms with Crippen molar-refractivity contribution >= 4 is 37.7 Å². The van der Waals surface area contributed by atoms with E-state index in [0.29, 0.717) is 23.7 Å². The summed E-state index contributed by atoms with van der Waals surface area (Å²) in [5, 5.41) is 9.25. The third-order valence-electron chi connectivity index (χ3n) is 4.72. The fourth-order valence-corrected chi connectivity index (χ4v) is 6.63. The molecule has 2 heterocycles. The fourth-order valence-electron chi connectivity index (χ4n) is 3.64. The highest BCUT2D eigenvalue weighted by Crippen LogP contribution is 2.46. The Morgan fingerprint density at radius 1 is 1.46 bits per heavy atom. The number of fused-ring (bicyclic) bond motifs is 2. The van der Waals surface area contributed by atoms with Crippen molar-refractivity contribution in [2.75, 3.05) is 0 Å². The maximum absolute atomic E-state index is 14.4. The topological polar surface area (TPSA) is 95.8 Å². The van der Waals surface area contributed by atoms with Gasteiger partial charge >= 0.3 is 6.09 Å². The maximum Gasteiger partial charge on any atom is 0.410 e. The summed E-state index contributed by atoms with van der Waals surface area (Å²) in [6, 6.07) is 4.26. The van der Waals surface area contributed by atoms with Crippen LogP contribution >= 0.6 is 15.9 Å². The van der Waals surface area contributed by atoms with Crippen LogP contribution < -0.4 is 5.32 Å². The molecule has 1 aromatic rings. The van der Waals surface area contributed by atoms with Gasteiger partial charge in [-0.05, 0) is 38.0 Å². The summed E-state index contributed by atoms with van der Waals surface area (Å²) in [4.78, 5) is 15.4. The molecule has 2 aliphatic heterocycles. The van der Waals surface area contributed by atoms with Crippen molar-refractivity contribution in [2.45, 2.75) is 42.2 Å². The lowest BCUT2D eigenvalue weighted by Gasteiger charge is -2.44. The Morgan fingerprint density at radius 3 is 2.83 bits per heavy atom. The van der Waals surface area contributed by atoms with Gasteiger partial charge in [-0.15, -0.1) is 0 Å². The first-order valence-electron chi connectivity index (χ1n) is 7.44. The normalized spacial score (nSPS) is 31.2. The van der Waals surface area contributed by atoms with Crippen LogP contribution in [0.5, 0.6) is 0 Å². The molecule has 24 heavy (non-hydrogen) atoms. The predicted octanol–water partition coefficient (Wildman–Crippen LogP) is 2.82. The van der Waals surface area contributed by atoms with Crippen LogP contribution in [0.1, 0.15) is 31.7 Å². The molecule has 1 saturated heterocycles. The molecule has 130 valence electrons. The highest BCUT2D eigenvalue weighted by molar-refractivity contribution is 9.10. The molecule has 0 radical (unpaired) electrons. The molecule has 0 aromatic heterocycles. The van der Waals surface area contributed by atoms with E-state index in [0.717, 1.165) is 0 Å². The molecule has 1 aromatic carbocycles. The van der Waals surface area contributed by atoms with E-state index in [9.17, 15) is 17.6 Å². The zero-order valence-corrected chi connectivity index (χ0v) is 15.2. The van der Waals surface area contributed by atoms with Crippen molar-refractivity contribution in [1.29, 1.82) is 0 Å². The van der Waals surface area contributed by atoms with Crippen LogP contribution in [0, 0.1) is 5.82 Å². The highest BCUT2D eigenvalue weighted by Gasteiger charge is 2.55. The second-order valence-corrected chi connectivity index (χ2v) is 9.43. The van der Waals surface area contributed by atoms with Gasteiger partial charge in [0.25, 0.3) is 0 Å². The molecule has 2 bridgehead atoms. The molecular formula is C15H16BrFN2O4S. The number of nitrogens with zero attached hydrogens (tertiary/aromatic N) is 1. The summed E-state index contributed by atoms with van der Waals surface area (Å²) in [5.74, 6) is -0.696. The minimum Gasteiger partial charge on any atom is -0.465 e. The average Bonchev–Trinajstić information content (AvgIpc) is 2.45. The SMILES string of the molecule is C[C@]1(c2cc(Br)ccc2F)N=C(NC(=O)O)[C@@H]2CCC[C@H]1S2(=O)=O. The van der Waals surface area contributed by atoms with Gasteiger partial charge in [-0.3, -0.25) is 10.3 Å². The van der Waals surface area contributed by atoms with Gasteiger partial charge in [0.2, 0.25) is 0 Å². The van der Waals surface area contributed by atoms with E-state index >= 15 is 0 Å². The standard InChI is InChI=1S/C15H16BrFN2O4S/c1-15(9-7-8(16)5-6-10(9)17)12-4-2-3-11(24(12,22)23)13(19-15)18-14(20)21/h5-7,11-12H,2-4H2,1H3,(H,18,19)(H,20,21)/t11-,12+,15+/m0/s1. The quantitative estimate of drug-likeness (QED) is 0.732. The van der Waals surface area contributed by atoms with Gasteiger partial charge in [-0.2, -0.15) is 0 Å². The van der Waals surface area contributed by atoms with E-state index in [1.807, 2.05) is 0 Å². The van der Waals surface area contributed by atoms with E-state index in [-0.39, 0.29) is 11.4 Å². The summed E-state index contributed by atoms with van der Waals surface area (Å²) in [7, 11) is -3.68. The number of hydrogen-bond acceptors (Lipinski definition) is 4. The summed E-state index contributed by atoms with van der Waals surface area (Å²) in [5.41, 5.74) is -1.25. The summed E-state index contributed by atoms with van der Waals surface area (Å²) in [6.45, 7) is 1.55. The van der Waals surface area contributed by atoms with Gasteiger partial charge in [0.15, 0.2) is 9.84 Å². The second-order valence-electron chi connectivity index (χ2n) is 6.20. The van der Waals surface area contributed by atoms with Crippen molar-refractivity contribution < 1.29 is 22.7 Å². The zero-order chi connectivity index (χ0) is 17.7. The molecule has 1 fully saturated rings. The lowest BCUT2D eigenvalue weighted by molar-refractivity contribution is 0.199. The van der Waals surface area contributed by atoms with Crippen LogP contribution in [-0.2, 0) is 15.4 Å². The number of carbonyl (C=O) groups is 1. The third kappa shape index (κ3) is 2.63. The first kappa shape index (κ1) is 17.3. The number of nitrogens with one attached hydrogen (secondary N) is 1. The van der Waals surface area contributed by atoms with Gasteiger partial charge < -0.3 is 5.11 Å². The van der Waals surface area contributed by atoms with E-state index in [4.69, 9.17) is 5.11 Å². The number of sulfone groups is 1. The maximum atomic E-state index is 14.4. The Balaban J connectivity index is 2.26. The van der Waals surface area contributed by atoms with E-state index in [1.165, 1.54) is 18.2 Å². The largest absolute Gasteiger partial charge is 0.465 e. The van der Waals surface area contributed by atoms with E-state index in [2.05, 4.69) is 26.2 Å². The number of benzene rings is 1. The molecule has 3 atom stereocenters. The fraction of sp³-hybridized carbons (Fsp3) is 0.467. The first-order chi connectivity index (χ1) is 11.2. The smallest absolute Gasteiger partial charge is 0.410 e. The summed E-state index contributed by atoms with van der Waals surface area (Å²) >= 11 is 3.26. The number of carboxylic acid groups (broad SMARTS) is 1. The van der Waals surface area contributed by atoms with Crippen LogP contribution in [0.15, 0.2) is 27.7 Å². The van der Waals surface area contributed by atoms with Crippen LogP contribution in [-0.4, -0.2) is 36.0 Å². The van der Waals surface area contributed by atoms with Crippen molar-refractivity contribution in [3.8, 4) is 0 Å². The Morgan fingerprint density at radius 2 is 2.17 bits per heavy atom. The molecule has 2 N–H and O–H groups in total. The Labute approximate surface area is 147 Å². The van der Waals surface area contributed by atoms with Crippen LogP contribution in [0.4, 0.5) is 9.18 Å². The van der Waals surface area contributed by atoms with Gasteiger partial charge in [-0.25, -0.2) is 17.6 Å². The minimum atomic E-state index is -3.68. The van der Waals surface area contributed by atoms with E-state index < -0.39 is 37.8 Å². The number of hydrogen-bond donors (Lipinski definition) is 2. The van der Waals surface area contributed by atoms with Crippen molar-refractivity contribution in [2.24, 2.45) is 4.99 Å². The average molecular weight is 419 g/mol. The number of rotatable bonds is 1. The van der Waals surface area contributed by atoms with Crippen LogP contribution in [0.2, 0.25) is 0 Å². The Kier molecular flexibility index (Phi) is 4.19. The van der Waals surface area contributed by atoms with Gasteiger partial charge in [0.05, 0.1) is 5.25 Å². The van der Waals surface area contributed by atoms with Crippen molar-refractivity contribution in [3.05, 3.63) is 34.1 Å². The van der Waals surface area contributed by atoms with Gasteiger partial charge in [0.1, 0.15) is 22.4 Å². The molecular weight excluding hydrogens is 403 g/mol.